The molecular formula is C40H6B21N3S. The number of benzene rings is 5. The molecule has 7 aromatic rings. The summed E-state index contributed by atoms with van der Waals surface area (Å²) in [6, 6.07) is 4.54. The van der Waals surface area contributed by atoms with Crippen LogP contribution in [0.4, 0.5) is 11.4 Å². The number of fused-ring (bicyclic) bond motifs is 6. The third-order valence-electron chi connectivity index (χ3n) is 12.6. The standard InChI is InChI=1S/C40H6B21N3S/c41-14-8(15(42)17(44)9(16(14)43)10-18(45)24(51)29(56)25(52)19(10)46)5-1-2-7-6(3-5)35-40(65-7)36(63-4-62-35)13-22(49)28(55)34(61)39(23(13)50)64-37-11(20(47)26(53)30(57)32(37)59)12-21(48)27(54)31(58)33(60)38(12)64/h1-4,11,37H. The summed E-state index contributed by atoms with van der Waals surface area (Å²) < 4.78 is 1.34. The molecular weight excluding hydrogens is 782 g/mol. The Labute approximate surface area is 410 Å². The molecule has 3 heterocycles. The van der Waals surface area contributed by atoms with E-state index in [1.54, 1.807) is 11.0 Å². The fourth-order valence-corrected chi connectivity index (χ4v) is 10.3. The highest BCUT2D eigenvalue weighted by Gasteiger charge is 2.46. The molecule has 0 N–H and O–H groups in total. The smallest absolute Gasteiger partial charge is 0.117 e. The van der Waals surface area contributed by atoms with Crippen molar-refractivity contribution in [1.29, 1.82) is 0 Å². The minimum absolute atomic E-state index is 0.00175. The van der Waals surface area contributed by atoms with Crippen LogP contribution in [-0.4, -0.2) is 181 Å². The average Bonchev–Trinajstić information content (AvgIpc) is 3.84. The number of hydrogen-bond donors (Lipinski definition) is 0. The lowest BCUT2D eigenvalue weighted by Gasteiger charge is -2.41. The van der Waals surface area contributed by atoms with E-state index in [-0.39, 0.29) is 143 Å². The quantitative estimate of drug-likeness (QED) is 0.166. The van der Waals surface area contributed by atoms with Crippen molar-refractivity contribution < 1.29 is 0 Å². The Hall–Kier alpha value is -3.96. The molecule has 25 heteroatoms. The molecule has 0 bridgehead atoms. The number of anilines is 2. The van der Waals surface area contributed by atoms with Crippen LogP contribution in [0.2, 0.25) is 0 Å². The molecule has 0 spiro atoms. The summed E-state index contributed by atoms with van der Waals surface area (Å²) >= 11 is 1.35. The number of aromatic nitrogens is 2. The number of rotatable bonds is 4. The van der Waals surface area contributed by atoms with E-state index in [4.69, 9.17) is 170 Å². The lowest BCUT2D eigenvalue weighted by molar-refractivity contribution is 0.722. The van der Waals surface area contributed by atoms with Gasteiger partial charge in [-0.2, -0.15) is 0 Å². The van der Waals surface area contributed by atoms with Crippen molar-refractivity contribution in [2.45, 2.75) is 12.0 Å². The van der Waals surface area contributed by atoms with Gasteiger partial charge in [0.15, 0.2) is 0 Å². The maximum absolute atomic E-state index is 7.20. The first-order chi connectivity index (χ1) is 30.6. The first kappa shape index (κ1) is 46.2. The minimum atomic E-state index is -0.939. The molecule has 42 radical (unpaired) electrons. The van der Waals surface area contributed by atoms with Crippen LogP contribution in [0, 0.1) is 0 Å². The highest BCUT2D eigenvalue weighted by Crippen LogP contribution is 2.50. The van der Waals surface area contributed by atoms with Crippen molar-refractivity contribution in [3.05, 3.63) is 52.0 Å². The van der Waals surface area contributed by atoms with E-state index in [1.165, 1.54) is 17.7 Å². The Kier molecular flexibility index (Phi) is 11.4. The first-order valence-electron chi connectivity index (χ1n) is 19.3. The van der Waals surface area contributed by atoms with Crippen LogP contribution >= 0.6 is 11.3 Å². The highest BCUT2D eigenvalue weighted by molar-refractivity contribution is 7.26. The zero-order valence-corrected chi connectivity index (χ0v) is 35.2. The molecule has 0 amide bonds. The Morgan fingerprint density at radius 1 is 0.431 bits per heavy atom. The third kappa shape index (κ3) is 6.31. The van der Waals surface area contributed by atoms with Gasteiger partial charge in [0.05, 0.1) is 22.0 Å². The SMILES string of the molecule is [B]C1=C([B])C2c3c([B])c([B])c([B])c([B])c3N(c3c([B])c([B])c([B])c(-c4ncnc5c4sc4ccc(-c6c([B])c([B])c(-c7c([B])c([B])c([B])c([B])c7[B])c([B])c6[B])cc45)c3[B])C2C([B])=C1[B]. The maximum atomic E-state index is 7.20. The van der Waals surface area contributed by atoms with Gasteiger partial charge in [0.1, 0.15) is 171 Å². The Morgan fingerprint density at radius 3 is 1.49 bits per heavy atom. The molecule has 1 aliphatic carbocycles. The van der Waals surface area contributed by atoms with E-state index in [1.807, 2.05) is 12.1 Å². The van der Waals surface area contributed by atoms with Gasteiger partial charge in [0.25, 0.3) is 0 Å². The van der Waals surface area contributed by atoms with Crippen molar-refractivity contribution >= 4 is 301 Å². The third-order valence-corrected chi connectivity index (χ3v) is 13.8. The molecule has 0 saturated carbocycles. The van der Waals surface area contributed by atoms with Crippen LogP contribution in [0.25, 0.3) is 53.8 Å². The van der Waals surface area contributed by atoms with Gasteiger partial charge in [0, 0.05) is 27.4 Å². The van der Waals surface area contributed by atoms with Gasteiger partial charge in [-0.15, -0.1) is 66.0 Å². The summed E-state index contributed by atoms with van der Waals surface area (Å²) in [5, 5.41) is 0.669. The second-order valence-corrected chi connectivity index (χ2v) is 16.9. The monoisotopic (exact) mass is 791 g/mol. The van der Waals surface area contributed by atoms with Crippen LogP contribution in [0.3, 0.4) is 0 Å². The molecule has 65 heavy (non-hydrogen) atoms. The zero-order chi connectivity index (χ0) is 47.3. The fraction of sp³-hybridized carbons (Fsp3) is 0.0500. The van der Waals surface area contributed by atoms with Crippen molar-refractivity contribution in [2.75, 3.05) is 4.90 Å². The number of hydrogen-bond acceptors (Lipinski definition) is 4. The lowest BCUT2D eigenvalue weighted by atomic mass is 9.54. The summed E-state index contributed by atoms with van der Waals surface area (Å²) in [7, 11) is 138. The van der Waals surface area contributed by atoms with E-state index < -0.39 is 12.0 Å². The van der Waals surface area contributed by atoms with Gasteiger partial charge in [0.2, 0.25) is 0 Å². The Bertz CT molecular complexity index is 3380. The molecule has 0 saturated heterocycles. The molecule has 2 aliphatic rings. The van der Waals surface area contributed by atoms with Gasteiger partial charge < -0.3 is 4.90 Å². The molecule has 2 aromatic heterocycles. The normalized spacial score (nSPS) is 15.9. The molecule has 9 rings (SSSR count). The molecule has 250 valence electrons. The summed E-state index contributed by atoms with van der Waals surface area (Å²) in [5.41, 5.74) is 3.64. The summed E-state index contributed by atoms with van der Waals surface area (Å²) in [6.07, 6.45) is 1.36. The van der Waals surface area contributed by atoms with Crippen LogP contribution in [-0.2, 0) is 0 Å². The highest BCUT2D eigenvalue weighted by atomic mass is 32.1. The van der Waals surface area contributed by atoms with Gasteiger partial charge in [-0.3, -0.25) is 0 Å². The lowest BCUT2D eigenvalue weighted by Crippen LogP contribution is -2.57. The summed E-state index contributed by atoms with van der Waals surface area (Å²) in [6.45, 7) is 0. The maximum Gasteiger partial charge on any atom is 0.117 e. The molecule has 2 unspecified atom stereocenters. The van der Waals surface area contributed by atoms with Gasteiger partial charge in [-0.25, -0.2) is 9.97 Å². The second-order valence-electron chi connectivity index (χ2n) is 15.9. The van der Waals surface area contributed by atoms with E-state index >= 15 is 0 Å². The zero-order valence-electron chi connectivity index (χ0n) is 34.3. The molecule has 2 atom stereocenters. The second kappa shape index (κ2) is 16.1. The molecule has 5 aromatic carbocycles. The minimum Gasteiger partial charge on any atom is -0.336 e. The van der Waals surface area contributed by atoms with Crippen molar-refractivity contribution in [2.24, 2.45) is 0 Å². The largest absolute Gasteiger partial charge is 0.336 e. The molecule has 1 aliphatic heterocycles. The van der Waals surface area contributed by atoms with Gasteiger partial charge >= 0.3 is 0 Å². The van der Waals surface area contributed by atoms with E-state index in [0.717, 1.165) is 4.70 Å². The fourth-order valence-electron chi connectivity index (χ4n) is 9.16. The Morgan fingerprint density at radius 2 is 0.892 bits per heavy atom. The van der Waals surface area contributed by atoms with E-state index in [9.17, 15) is 0 Å². The number of allylic oxidation sites excluding steroid dienone is 2. The molecule has 0 fully saturated rings. The van der Waals surface area contributed by atoms with Crippen molar-refractivity contribution in [3.8, 4) is 33.5 Å². The van der Waals surface area contributed by atoms with Crippen LogP contribution in [0.1, 0.15) is 11.5 Å². The van der Waals surface area contributed by atoms with Crippen LogP contribution in [0.5, 0.6) is 0 Å². The van der Waals surface area contributed by atoms with Crippen LogP contribution < -0.4 is 97.8 Å². The van der Waals surface area contributed by atoms with E-state index in [0.29, 0.717) is 38.0 Å². The average molecular weight is 788 g/mol. The predicted octanol–water partition coefficient (Wildman–Crippen LogP) is -11.9. The molecule has 3 nitrogen and oxygen atoms in total. The summed E-state index contributed by atoms with van der Waals surface area (Å²) in [4.78, 5) is 11.0. The van der Waals surface area contributed by atoms with E-state index in [2.05, 4.69) is 4.98 Å². The van der Waals surface area contributed by atoms with Gasteiger partial charge in [-0.05, 0) is 45.5 Å². The van der Waals surface area contributed by atoms with Crippen molar-refractivity contribution in [1.82, 2.24) is 9.97 Å². The van der Waals surface area contributed by atoms with Crippen molar-refractivity contribution in [3.63, 3.8) is 0 Å². The van der Waals surface area contributed by atoms with Gasteiger partial charge in [-0.1, -0.05) is 66.2 Å². The number of thiophene rings is 1. The topological polar surface area (TPSA) is 29.0 Å². The summed E-state index contributed by atoms with van der Waals surface area (Å²) in [5.74, 6) is -0.831. The van der Waals surface area contributed by atoms with Crippen LogP contribution in [0.15, 0.2) is 46.4 Å². The number of nitrogens with zero attached hydrogens (tertiary/aromatic N) is 3. The first-order valence-corrected chi connectivity index (χ1v) is 20.1. The predicted molar refractivity (Wildman–Crippen MR) is 295 cm³/mol. The Balaban J connectivity index is 1.25.